The SMILES string of the molecule is Cc1cc2c(cc1Br)Oc1cc(Br)cnc1N2C(=O)CN1CCOCC1. The first-order chi connectivity index (χ1) is 12.5. The molecule has 1 amide bonds. The Kier molecular flexibility index (Phi) is 5.00. The maximum atomic E-state index is 13.2. The largest absolute Gasteiger partial charge is 0.451 e. The summed E-state index contributed by atoms with van der Waals surface area (Å²) in [6.45, 7) is 5.11. The van der Waals surface area contributed by atoms with Crippen LogP contribution in [-0.4, -0.2) is 48.6 Å². The predicted octanol–water partition coefficient (Wildman–Crippen LogP) is 4.02. The zero-order valence-corrected chi connectivity index (χ0v) is 17.3. The van der Waals surface area contributed by atoms with E-state index in [1.807, 2.05) is 25.1 Å². The summed E-state index contributed by atoms with van der Waals surface area (Å²) >= 11 is 6.95. The number of amides is 1. The van der Waals surface area contributed by atoms with Gasteiger partial charge < -0.3 is 9.47 Å². The second-order valence-electron chi connectivity index (χ2n) is 6.26. The van der Waals surface area contributed by atoms with Crippen LogP contribution >= 0.6 is 31.9 Å². The Morgan fingerprint density at radius 2 is 1.96 bits per heavy atom. The van der Waals surface area contributed by atoms with Crippen LogP contribution < -0.4 is 9.64 Å². The molecule has 0 radical (unpaired) electrons. The number of carbonyl (C=O) groups is 1. The fraction of sp³-hybridized carbons (Fsp3) is 0.333. The number of halogens is 2. The highest BCUT2D eigenvalue weighted by molar-refractivity contribution is 9.10. The number of rotatable bonds is 2. The van der Waals surface area contributed by atoms with E-state index in [0.717, 1.165) is 27.6 Å². The van der Waals surface area contributed by atoms with Gasteiger partial charge in [-0.3, -0.25) is 14.6 Å². The molecule has 3 heterocycles. The van der Waals surface area contributed by atoms with E-state index < -0.39 is 0 Å². The molecule has 2 aliphatic heterocycles. The molecule has 1 aromatic heterocycles. The number of fused-ring (bicyclic) bond motifs is 2. The zero-order valence-electron chi connectivity index (χ0n) is 14.2. The first-order valence-corrected chi connectivity index (χ1v) is 9.88. The first kappa shape index (κ1) is 17.9. The van der Waals surface area contributed by atoms with Crippen LogP contribution in [0.25, 0.3) is 0 Å². The zero-order chi connectivity index (χ0) is 18.3. The minimum Gasteiger partial charge on any atom is -0.451 e. The van der Waals surface area contributed by atoms with E-state index in [4.69, 9.17) is 9.47 Å². The second-order valence-corrected chi connectivity index (χ2v) is 8.03. The molecule has 4 rings (SSSR count). The van der Waals surface area contributed by atoms with E-state index >= 15 is 0 Å². The van der Waals surface area contributed by atoms with Gasteiger partial charge >= 0.3 is 0 Å². The number of pyridine rings is 1. The monoisotopic (exact) mass is 481 g/mol. The van der Waals surface area contributed by atoms with Gasteiger partial charge in [0.1, 0.15) is 0 Å². The van der Waals surface area contributed by atoms with E-state index in [1.165, 1.54) is 0 Å². The first-order valence-electron chi connectivity index (χ1n) is 8.29. The summed E-state index contributed by atoms with van der Waals surface area (Å²) in [5, 5.41) is 0. The molecule has 0 spiro atoms. The van der Waals surface area contributed by atoms with Crippen LogP contribution in [0.5, 0.6) is 11.5 Å². The molecule has 6 nitrogen and oxygen atoms in total. The van der Waals surface area contributed by atoms with Crippen LogP contribution in [0.4, 0.5) is 11.5 Å². The van der Waals surface area contributed by atoms with Gasteiger partial charge in [-0.1, -0.05) is 15.9 Å². The van der Waals surface area contributed by atoms with Crippen LogP contribution in [0.1, 0.15) is 5.56 Å². The normalized spacial score (nSPS) is 16.7. The van der Waals surface area contributed by atoms with Crippen molar-refractivity contribution < 1.29 is 14.3 Å². The highest BCUT2D eigenvalue weighted by Gasteiger charge is 2.32. The van der Waals surface area contributed by atoms with Gasteiger partial charge in [-0.05, 0) is 40.5 Å². The minimum absolute atomic E-state index is 0.0331. The predicted molar refractivity (Wildman–Crippen MR) is 105 cm³/mol. The van der Waals surface area contributed by atoms with Crippen LogP contribution in [0.15, 0.2) is 33.3 Å². The van der Waals surface area contributed by atoms with E-state index in [2.05, 4.69) is 41.7 Å². The number of anilines is 2. The standard InChI is InChI=1S/C18H17Br2N3O3/c1-11-6-14-15(8-13(11)20)26-16-7-12(19)9-21-18(16)23(14)17(24)10-22-2-4-25-5-3-22/h6-9H,2-5,10H2,1H3. The maximum absolute atomic E-state index is 13.2. The lowest BCUT2D eigenvalue weighted by atomic mass is 10.1. The number of benzene rings is 1. The maximum Gasteiger partial charge on any atom is 0.247 e. The molecule has 1 saturated heterocycles. The quantitative estimate of drug-likeness (QED) is 0.647. The van der Waals surface area contributed by atoms with Gasteiger partial charge in [0.2, 0.25) is 5.91 Å². The van der Waals surface area contributed by atoms with Crippen molar-refractivity contribution >= 4 is 49.3 Å². The van der Waals surface area contributed by atoms with Gasteiger partial charge in [-0.25, -0.2) is 4.98 Å². The number of aromatic nitrogens is 1. The highest BCUT2D eigenvalue weighted by atomic mass is 79.9. The molecule has 0 N–H and O–H groups in total. The molecule has 0 saturated carbocycles. The molecule has 136 valence electrons. The van der Waals surface area contributed by atoms with Gasteiger partial charge in [0, 0.05) is 34.3 Å². The van der Waals surface area contributed by atoms with Gasteiger partial charge in [0.25, 0.3) is 0 Å². The third kappa shape index (κ3) is 3.38. The van der Waals surface area contributed by atoms with Gasteiger partial charge in [-0.2, -0.15) is 0 Å². The van der Waals surface area contributed by atoms with Crippen molar-refractivity contribution in [3.63, 3.8) is 0 Å². The third-order valence-corrected chi connectivity index (χ3v) is 5.71. The third-order valence-electron chi connectivity index (χ3n) is 4.42. The molecule has 2 aromatic rings. The minimum atomic E-state index is -0.0331. The number of ether oxygens (including phenoxy) is 2. The Balaban J connectivity index is 1.74. The van der Waals surface area contributed by atoms with Crippen molar-refractivity contribution in [1.82, 2.24) is 9.88 Å². The van der Waals surface area contributed by atoms with E-state index in [9.17, 15) is 4.79 Å². The molecule has 0 unspecified atom stereocenters. The number of hydrogen-bond donors (Lipinski definition) is 0. The molecule has 0 aliphatic carbocycles. The van der Waals surface area contributed by atoms with Crippen molar-refractivity contribution in [2.45, 2.75) is 6.92 Å². The topological polar surface area (TPSA) is 54.9 Å². The average Bonchev–Trinajstić information content (AvgIpc) is 2.62. The Bertz CT molecular complexity index is 869. The van der Waals surface area contributed by atoms with Crippen molar-refractivity contribution in [3.05, 3.63) is 38.9 Å². The van der Waals surface area contributed by atoms with Gasteiger partial charge in [0.15, 0.2) is 17.3 Å². The molecule has 26 heavy (non-hydrogen) atoms. The lowest BCUT2D eigenvalue weighted by Crippen LogP contribution is -2.44. The van der Waals surface area contributed by atoms with E-state index in [1.54, 1.807) is 11.1 Å². The van der Waals surface area contributed by atoms with Crippen molar-refractivity contribution in [1.29, 1.82) is 0 Å². The van der Waals surface area contributed by atoms with Crippen LogP contribution in [0.2, 0.25) is 0 Å². The fourth-order valence-corrected chi connectivity index (χ4v) is 3.70. The number of aryl methyl sites for hydroxylation is 1. The summed E-state index contributed by atoms with van der Waals surface area (Å²) in [7, 11) is 0. The van der Waals surface area contributed by atoms with Crippen LogP contribution in [-0.2, 0) is 9.53 Å². The van der Waals surface area contributed by atoms with Crippen LogP contribution in [0, 0.1) is 6.92 Å². The molecule has 2 aliphatic rings. The van der Waals surface area contributed by atoms with Gasteiger partial charge in [-0.15, -0.1) is 0 Å². The van der Waals surface area contributed by atoms with Crippen molar-refractivity contribution in [2.24, 2.45) is 0 Å². The Hall–Kier alpha value is -1.48. The summed E-state index contributed by atoms with van der Waals surface area (Å²) in [6.07, 6.45) is 1.67. The lowest BCUT2D eigenvalue weighted by Gasteiger charge is -2.33. The summed E-state index contributed by atoms with van der Waals surface area (Å²) in [4.78, 5) is 21.4. The second kappa shape index (κ2) is 7.26. The Morgan fingerprint density at radius 3 is 2.73 bits per heavy atom. The Morgan fingerprint density at radius 1 is 1.19 bits per heavy atom. The molecular weight excluding hydrogens is 466 g/mol. The number of morpholine rings is 1. The average molecular weight is 483 g/mol. The molecule has 1 aromatic carbocycles. The number of carbonyl (C=O) groups excluding carboxylic acids is 1. The fourth-order valence-electron chi connectivity index (χ4n) is 3.07. The Labute approximate surface area is 168 Å². The molecule has 1 fully saturated rings. The van der Waals surface area contributed by atoms with Gasteiger partial charge in [0.05, 0.1) is 25.4 Å². The van der Waals surface area contributed by atoms with Crippen LogP contribution in [0.3, 0.4) is 0 Å². The molecule has 0 bridgehead atoms. The summed E-state index contributed by atoms with van der Waals surface area (Å²) in [6, 6.07) is 5.67. The van der Waals surface area contributed by atoms with Crippen molar-refractivity contribution in [3.8, 4) is 11.5 Å². The summed E-state index contributed by atoms with van der Waals surface area (Å²) in [5.74, 6) is 1.66. The van der Waals surface area contributed by atoms with E-state index in [-0.39, 0.29) is 5.91 Å². The number of hydrogen-bond acceptors (Lipinski definition) is 5. The van der Waals surface area contributed by atoms with Crippen molar-refractivity contribution in [2.75, 3.05) is 37.7 Å². The smallest absolute Gasteiger partial charge is 0.247 e. The highest BCUT2D eigenvalue weighted by Crippen LogP contribution is 2.47. The van der Waals surface area contributed by atoms with E-state index in [0.29, 0.717) is 42.8 Å². The number of nitrogens with zero attached hydrogens (tertiary/aromatic N) is 3. The lowest BCUT2D eigenvalue weighted by molar-refractivity contribution is -0.120. The summed E-state index contributed by atoms with van der Waals surface area (Å²) in [5.41, 5.74) is 1.74. The summed E-state index contributed by atoms with van der Waals surface area (Å²) < 4.78 is 13.1. The molecule has 8 heteroatoms. The molecule has 0 atom stereocenters. The molecular formula is C18H17Br2N3O3.